The molecule has 0 saturated carbocycles. The summed E-state index contributed by atoms with van der Waals surface area (Å²) < 4.78 is 40.8. The first-order valence-corrected chi connectivity index (χ1v) is 6.11. The number of morpholine rings is 1. The molecular weight excluding hydrogens is 297 g/mol. The summed E-state index contributed by atoms with van der Waals surface area (Å²) in [6.45, 7) is -1.21. The standard InChI is InChI=1S/C11H15F3N2O5/c12-11(13,14)6-15-8(17)4-9(18)16-1-2-21-5-7(16)3-10(19)20/h7H,1-6H2,(H,15,17)(H,19,20). The van der Waals surface area contributed by atoms with Crippen LogP contribution in [0.5, 0.6) is 0 Å². The number of nitrogens with one attached hydrogen (secondary N) is 1. The summed E-state index contributed by atoms with van der Waals surface area (Å²) in [5, 5.41) is 10.3. The van der Waals surface area contributed by atoms with Gasteiger partial charge in [0.2, 0.25) is 11.8 Å². The molecule has 1 unspecified atom stereocenters. The van der Waals surface area contributed by atoms with E-state index in [-0.39, 0.29) is 26.2 Å². The number of rotatable bonds is 5. The fourth-order valence-corrected chi connectivity index (χ4v) is 1.85. The predicted molar refractivity (Wildman–Crippen MR) is 62.3 cm³/mol. The minimum absolute atomic E-state index is 0.0161. The molecule has 1 saturated heterocycles. The van der Waals surface area contributed by atoms with Gasteiger partial charge in [0.05, 0.1) is 25.7 Å². The zero-order chi connectivity index (χ0) is 16.0. The smallest absolute Gasteiger partial charge is 0.405 e. The van der Waals surface area contributed by atoms with Crippen LogP contribution in [-0.4, -0.2) is 66.3 Å². The largest absolute Gasteiger partial charge is 0.481 e. The number of halogens is 3. The molecule has 2 amide bonds. The molecule has 1 aliphatic heterocycles. The number of nitrogens with zero attached hydrogens (tertiary/aromatic N) is 1. The van der Waals surface area contributed by atoms with Gasteiger partial charge in [0.1, 0.15) is 13.0 Å². The van der Waals surface area contributed by atoms with E-state index in [1.54, 1.807) is 5.32 Å². The lowest BCUT2D eigenvalue weighted by atomic mass is 10.1. The molecule has 7 nitrogen and oxygen atoms in total. The van der Waals surface area contributed by atoms with Crippen molar-refractivity contribution in [2.75, 3.05) is 26.3 Å². The first-order chi connectivity index (χ1) is 9.69. The number of carbonyl (C=O) groups excluding carboxylic acids is 2. The molecule has 0 aliphatic carbocycles. The van der Waals surface area contributed by atoms with Gasteiger partial charge in [-0.1, -0.05) is 0 Å². The maximum absolute atomic E-state index is 11.9. The molecule has 120 valence electrons. The van der Waals surface area contributed by atoms with E-state index in [9.17, 15) is 27.6 Å². The molecule has 0 radical (unpaired) electrons. The average Bonchev–Trinajstić information content (AvgIpc) is 2.35. The maximum atomic E-state index is 11.9. The number of amides is 2. The maximum Gasteiger partial charge on any atom is 0.405 e. The molecule has 2 N–H and O–H groups in total. The van der Waals surface area contributed by atoms with E-state index in [0.29, 0.717) is 0 Å². The first kappa shape index (κ1) is 17.2. The van der Waals surface area contributed by atoms with Gasteiger partial charge in [-0.3, -0.25) is 14.4 Å². The van der Waals surface area contributed by atoms with Gasteiger partial charge in [-0.25, -0.2) is 0 Å². The number of carboxylic acids is 1. The van der Waals surface area contributed by atoms with Gasteiger partial charge in [0.15, 0.2) is 0 Å². The van der Waals surface area contributed by atoms with Crippen molar-refractivity contribution in [1.82, 2.24) is 10.2 Å². The van der Waals surface area contributed by atoms with Crippen molar-refractivity contribution in [3.63, 3.8) is 0 Å². The summed E-state index contributed by atoms with van der Waals surface area (Å²) in [5.41, 5.74) is 0. The fourth-order valence-electron chi connectivity index (χ4n) is 1.85. The van der Waals surface area contributed by atoms with Crippen molar-refractivity contribution < 1.29 is 37.4 Å². The third-order valence-electron chi connectivity index (χ3n) is 2.76. The number of hydrogen-bond acceptors (Lipinski definition) is 4. The van der Waals surface area contributed by atoms with Crippen LogP contribution >= 0.6 is 0 Å². The van der Waals surface area contributed by atoms with Gasteiger partial charge < -0.3 is 20.1 Å². The van der Waals surface area contributed by atoms with Crippen molar-refractivity contribution in [2.24, 2.45) is 0 Å². The quantitative estimate of drug-likeness (QED) is 0.683. The molecule has 0 aromatic rings. The van der Waals surface area contributed by atoms with E-state index in [2.05, 4.69) is 0 Å². The zero-order valence-corrected chi connectivity index (χ0v) is 11.0. The number of ether oxygens (including phenoxy) is 1. The number of alkyl halides is 3. The Hall–Kier alpha value is -1.84. The SMILES string of the molecule is O=C(O)CC1COCCN1C(=O)CC(=O)NCC(F)(F)F. The molecule has 0 aromatic heterocycles. The van der Waals surface area contributed by atoms with Crippen LogP contribution in [0.15, 0.2) is 0 Å². The Morgan fingerprint density at radius 2 is 2.00 bits per heavy atom. The van der Waals surface area contributed by atoms with Crippen LogP contribution in [0.2, 0.25) is 0 Å². The molecule has 1 aliphatic rings. The van der Waals surface area contributed by atoms with E-state index in [0.717, 1.165) is 4.90 Å². The lowest BCUT2D eigenvalue weighted by molar-refractivity contribution is -0.149. The highest BCUT2D eigenvalue weighted by atomic mass is 19.4. The van der Waals surface area contributed by atoms with Gasteiger partial charge >= 0.3 is 12.1 Å². The molecule has 10 heteroatoms. The van der Waals surface area contributed by atoms with E-state index >= 15 is 0 Å². The minimum atomic E-state index is -4.55. The Morgan fingerprint density at radius 3 is 2.57 bits per heavy atom. The van der Waals surface area contributed by atoms with Crippen molar-refractivity contribution in [1.29, 1.82) is 0 Å². The third-order valence-corrected chi connectivity index (χ3v) is 2.76. The van der Waals surface area contributed by atoms with Crippen LogP contribution in [-0.2, 0) is 19.1 Å². The molecule has 0 spiro atoms. The van der Waals surface area contributed by atoms with Crippen LogP contribution in [0.3, 0.4) is 0 Å². The Labute approximate surface area is 118 Å². The Kier molecular flexibility index (Phi) is 5.94. The van der Waals surface area contributed by atoms with Crippen molar-refractivity contribution in [3.8, 4) is 0 Å². The predicted octanol–water partition coefficient (Wildman–Crippen LogP) is -0.243. The van der Waals surface area contributed by atoms with Gasteiger partial charge in [0, 0.05) is 6.54 Å². The second-order valence-corrected chi connectivity index (χ2v) is 4.48. The highest BCUT2D eigenvalue weighted by Crippen LogP contribution is 2.14. The van der Waals surface area contributed by atoms with Crippen molar-refractivity contribution in [2.45, 2.75) is 25.1 Å². The highest BCUT2D eigenvalue weighted by Gasteiger charge is 2.31. The van der Waals surface area contributed by atoms with Crippen LogP contribution in [0.25, 0.3) is 0 Å². The van der Waals surface area contributed by atoms with Crippen molar-refractivity contribution in [3.05, 3.63) is 0 Å². The molecule has 21 heavy (non-hydrogen) atoms. The number of aliphatic carboxylic acids is 1. The molecule has 1 atom stereocenters. The number of carbonyl (C=O) groups is 3. The summed E-state index contributed by atoms with van der Waals surface area (Å²) in [6.07, 6.45) is -5.66. The number of hydrogen-bond donors (Lipinski definition) is 2. The monoisotopic (exact) mass is 312 g/mol. The van der Waals surface area contributed by atoms with Gasteiger partial charge in [-0.2, -0.15) is 13.2 Å². The fraction of sp³-hybridized carbons (Fsp3) is 0.727. The summed E-state index contributed by atoms with van der Waals surface area (Å²) in [5.74, 6) is -2.91. The lowest BCUT2D eigenvalue weighted by Crippen LogP contribution is -2.50. The normalized spacial score (nSPS) is 19.2. The zero-order valence-electron chi connectivity index (χ0n) is 11.0. The average molecular weight is 312 g/mol. The molecule has 1 fully saturated rings. The second kappa shape index (κ2) is 7.25. The molecule has 0 aromatic carbocycles. The van der Waals surface area contributed by atoms with Crippen LogP contribution in [0, 0.1) is 0 Å². The number of carboxylic acid groups (broad SMARTS) is 1. The van der Waals surface area contributed by atoms with Crippen LogP contribution in [0.1, 0.15) is 12.8 Å². The van der Waals surface area contributed by atoms with Crippen molar-refractivity contribution >= 4 is 17.8 Å². The van der Waals surface area contributed by atoms with Crippen LogP contribution in [0.4, 0.5) is 13.2 Å². The second-order valence-electron chi connectivity index (χ2n) is 4.48. The Bertz CT molecular complexity index is 413. The summed E-state index contributed by atoms with van der Waals surface area (Å²) >= 11 is 0. The highest BCUT2D eigenvalue weighted by molar-refractivity contribution is 5.97. The van der Waals surface area contributed by atoms with Crippen LogP contribution < -0.4 is 5.32 Å². The van der Waals surface area contributed by atoms with E-state index in [1.807, 2.05) is 0 Å². The minimum Gasteiger partial charge on any atom is -0.481 e. The summed E-state index contributed by atoms with van der Waals surface area (Å²) in [6, 6.07) is -0.723. The molecular formula is C11H15F3N2O5. The summed E-state index contributed by atoms with van der Waals surface area (Å²) in [4.78, 5) is 35.0. The van der Waals surface area contributed by atoms with E-state index in [1.165, 1.54) is 0 Å². The molecule has 1 heterocycles. The van der Waals surface area contributed by atoms with E-state index < -0.39 is 43.0 Å². The van der Waals surface area contributed by atoms with Gasteiger partial charge in [-0.05, 0) is 0 Å². The van der Waals surface area contributed by atoms with Gasteiger partial charge in [-0.15, -0.1) is 0 Å². The lowest BCUT2D eigenvalue weighted by Gasteiger charge is -2.34. The van der Waals surface area contributed by atoms with Gasteiger partial charge in [0.25, 0.3) is 0 Å². The molecule has 0 bridgehead atoms. The first-order valence-electron chi connectivity index (χ1n) is 6.11. The summed E-state index contributed by atoms with van der Waals surface area (Å²) in [7, 11) is 0. The third kappa shape index (κ3) is 6.43. The Balaban J connectivity index is 2.51. The Morgan fingerprint density at radius 1 is 1.33 bits per heavy atom. The molecule has 1 rings (SSSR count). The van der Waals surface area contributed by atoms with E-state index in [4.69, 9.17) is 9.84 Å². The topological polar surface area (TPSA) is 95.9 Å².